The molecule has 42 valence electrons. The van der Waals surface area contributed by atoms with Crippen molar-refractivity contribution < 1.29 is 4.39 Å². The van der Waals surface area contributed by atoms with Gasteiger partial charge in [0.25, 0.3) is 0 Å². The molecule has 0 aliphatic carbocycles. The minimum absolute atomic E-state index is 0.0648. The SMILES string of the molecule is Fc1ccnc(Cl)n1. The monoisotopic (exact) mass is 132 g/mol. The summed E-state index contributed by atoms with van der Waals surface area (Å²) >= 11 is 5.18. The number of hydrogen-bond donors (Lipinski definition) is 0. The van der Waals surface area contributed by atoms with Gasteiger partial charge in [-0.05, 0) is 11.6 Å². The van der Waals surface area contributed by atoms with Crippen LogP contribution in [0.25, 0.3) is 0 Å². The lowest BCUT2D eigenvalue weighted by Crippen LogP contribution is -1.83. The van der Waals surface area contributed by atoms with E-state index < -0.39 is 5.95 Å². The van der Waals surface area contributed by atoms with Gasteiger partial charge in [0, 0.05) is 12.3 Å². The van der Waals surface area contributed by atoms with E-state index in [0.29, 0.717) is 0 Å². The van der Waals surface area contributed by atoms with E-state index in [1.165, 1.54) is 6.20 Å². The largest absolute Gasteiger partial charge is 0.226 e. The third kappa shape index (κ3) is 1.13. The molecular formula is C4H2ClFN2. The van der Waals surface area contributed by atoms with Gasteiger partial charge in [0.2, 0.25) is 11.2 Å². The molecule has 0 amide bonds. The minimum atomic E-state index is -0.606. The molecule has 0 aliphatic rings. The van der Waals surface area contributed by atoms with Gasteiger partial charge in [-0.3, -0.25) is 0 Å². The first kappa shape index (κ1) is 5.44. The number of halogens is 2. The summed E-state index contributed by atoms with van der Waals surface area (Å²) < 4.78 is 11.9. The smallest absolute Gasteiger partial charge is 0.224 e. The van der Waals surface area contributed by atoms with E-state index in [9.17, 15) is 4.39 Å². The quantitative estimate of drug-likeness (QED) is 0.393. The maximum atomic E-state index is 11.9. The van der Waals surface area contributed by atoms with Crippen LogP contribution in [0.4, 0.5) is 4.39 Å². The van der Waals surface area contributed by atoms with Gasteiger partial charge in [-0.15, -0.1) is 0 Å². The molecule has 0 radical (unpaired) electrons. The van der Waals surface area contributed by atoms with Gasteiger partial charge in [-0.2, -0.15) is 9.37 Å². The second kappa shape index (κ2) is 2.05. The first-order chi connectivity index (χ1) is 3.79. The Morgan fingerprint density at radius 1 is 1.62 bits per heavy atom. The van der Waals surface area contributed by atoms with E-state index in [2.05, 4.69) is 9.97 Å². The summed E-state index contributed by atoms with van der Waals surface area (Å²) in [7, 11) is 0. The molecular weight excluding hydrogens is 131 g/mol. The van der Waals surface area contributed by atoms with Crippen LogP contribution in [0.5, 0.6) is 0 Å². The van der Waals surface area contributed by atoms with Gasteiger partial charge < -0.3 is 0 Å². The zero-order chi connectivity index (χ0) is 5.98. The topological polar surface area (TPSA) is 25.8 Å². The second-order valence-electron chi connectivity index (χ2n) is 1.15. The summed E-state index contributed by atoms with van der Waals surface area (Å²) in [6.07, 6.45) is 1.25. The minimum Gasteiger partial charge on any atom is -0.226 e. The van der Waals surface area contributed by atoms with Gasteiger partial charge >= 0.3 is 0 Å². The van der Waals surface area contributed by atoms with Crippen molar-refractivity contribution in [1.29, 1.82) is 0 Å². The lowest BCUT2D eigenvalue weighted by atomic mass is 10.7. The molecule has 0 aromatic carbocycles. The second-order valence-corrected chi connectivity index (χ2v) is 1.49. The molecule has 8 heavy (non-hydrogen) atoms. The average molecular weight is 133 g/mol. The van der Waals surface area contributed by atoms with Crippen LogP contribution < -0.4 is 0 Å². The van der Waals surface area contributed by atoms with Crippen molar-refractivity contribution in [2.45, 2.75) is 0 Å². The lowest BCUT2D eigenvalue weighted by Gasteiger charge is -1.83. The Hall–Kier alpha value is -0.700. The van der Waals surface area contributed by atoms with Crippen molar-refractivity contribution in [3.63, 3.8) is 0 Å². The van der Waals surface area contributed by atoms with Crippen molar-refractivity contribution in [3.05, 3.63) is 23.5 Å². The summed E-state index contributed by atoms with van der Waals surface area (Å²) in [5.41, 5.74) is 0. The highest BCUT2D eigenvalue weighted by Crippen LogP contribution is 1.97. The molecule has 1 rings (SSSR count). The van der Waals surface area contributed by atoms with Crippen LogP contribution in [0.15, 0.2) is 12.3 Å². The summed E-state index contributed by atoms with van der Waals surface area (Å²) in [6.45, 7) is 0. The Bertz CT molecular complexity index is 174. The normalized spacial score (nSPS) is 9.25. The molecule has 1 aromatic rings. The Kier molecular flexibility index (Phi) is 1.39. The molecule has 2 nitrogen and oxygen atoms in total. The van der Waals surface area contributed by atoms with Crippen LogP contribution in [-0.2, 0) is 0 Å². The van der Waals surface area contributed by atoms with E-state index in [1.54, 1.807) is 0 Å². The zero-order valence-corrected chi connectivity index (χ0v) is 4.56. The molecule has 0 atom stereocenters. The lowest BCUT2D eigenvalue weighted by molar-refractivity contribution is 0.579. The van der Waals surface area contributed by atoms with Gasteiger partial charge in [0.05, 0.1) is 0 Å². The van der Waals surface area contributed by atoms with Crippen molar-refractivity contribution >= 4 is 11.6 Å². The van der Waals surface area contributed by atoms with E-state index in [1.807, 2.05) is 0 Å². The fraction of sp³-hybridized carbons (Fsp3) is 0. The van der Waals surface area contributed by atoms with Crippen molar-refractivity contribution in [1.82, 2.24) is 9.97 Å². The van der Waals surface area contributed by atoms with Gasteiger partial charge in [0.15, 0.2) is 0 Å². The molecule has 0 N–H and O–H groups in total. The highest BCUT2D eigenvalue weighted by atomic mass is 35.5. The summed E-state index contributed by atoms with van der Waals surface area (Å²) in [4.78, 5) is 6.62. The number of hydrogen-bond acceptors (Lipinski definition) is 2. The standard InChI is InChI=1S/C4H2ClFN2/c5-4-7-2-1-3(6)8-4/h1-2H. The Morgan fingerprint density at radius 3 is 2.75 bits per heavy atom. The molecule has 1 heterocycles. The van der Waals surface area contributed by atoms with Crippen LogP contribution in [-0.4, -0.2) is 9.97 Å². The molecule has 0 saturated carbocycles. The van der Waals surface area contributed by atoms with E-state index in [0.717, 1.165) is 6.07 Å². The van der Waals surface area contributed by atoms with Crippen LogP contribution in [0.3, 0.4) is 0 Å². The summed E-state index contributed by atoms with van der Waals surface area (Å²) in [6, 6.07) is 1.13. The first-order valence-electron chi connectivity index (χ1n) is 1.93. The zero-order valence-electron chi connectivity index (χ0n) is 3.81. The molecule has 0 fully saturated rings. The van der Waals surface area contributed by atoms with Crippen molar-refractivity contribution in [2.75, 3.05) is 0 Å². The predicted molar refractivity (Wildman–Crippen MR) is 27.0 cm³/mol. The van der Waals surface area contributed by atoms with Crippen molar-refractivity contribution in [2.24, 2.45) is 0 Å². The van der Waals surface area contributed by atoms with Gasteiger partial charge in [-0.1, -0.05) is 0 Å². The Morgan fingerprint density at radius 2 is 2.38 bits per heavy atom. The number of rotatable bonds is 0. The van der Waals surface area contributed by atoms with Gasteiger partial charge in [-0.25, -0.2) is 4.98 Å². The summed E-state index contributed by atoms with van der Waals surface area (Å²) in [5, 5.41) is -0.0648. The number of aromatic nitrogens is 2. The van der Waals surface area contributed by atoms with E-state index in [-0.39, 0.29) is 5.28 Å². The third-order valence-electron chi connectivity index (χ3n) is 0.592. The average Bonchev–Trinajstić information content (AvgIpc) is 1.64. The highest BCUT2D eigenvalue weighted by molar-refractivity contribution is 6.28. The number of nitrogens with zero attached hydrogens (tertiary/aromatic N) is 2. The van der Waals surface area contributed by atoms with Crippen LogP contribution in [0, 0.1) is 5.95 Å². The molecule has 4 heteroatoms. The Balaban J connectivity index is 3.08. The fourth-order valence-electron chi connectivity index (χ4n) is 0.315. The van der Waals surface area contributed by atoms with Crippen LogP contribution >= 0.6 is 11.6 Å². The molecule has 0 aliphatic heterocycles. The van der Waals surface area contributed by atoms with Crippen LogP contribution in [0.1, 0.15) is 0 Å². The fourth-order valence-corrected chi connectivity index (χ4v) is 0.452. The van der Waals surface area contributed by atoms with Gasteiger partial charge in [0.1, 0.15) is 0 Å². The molecule has 0 unspecified atom stereocenters. The molecule has 0 spiro atoms. The summed E-state index contributed by atoms with van der Waals surface area (Å²) in [5.74, 6) is -0.606. The maximum absolute atomic E-state index is 11.9. The van der Waals surface area contributed by atoms with E-state index >= 15 is 0 Å². The van der Waals surface area contributed by atoms with E-state index in [4.69, 9.17) is 11.6 Å². The predicted octanol–water partition coefficient (Wildman–Crippen LogP) is 1.27. The maximum Gasteiger partial charge on any atom is 0.224 e. The molecule has 1 aromatic heterocycles. The van der Waals surface area contributed by atoms with Crippen LogP contribution in [0.2, 0.25) is 5.28 Å². The molecule has 0 saturated heterocycles. The molecule has 0 bridgehead atoms. The Labute approximate surface area is 50.3 Å². The first-order valence-corrected chi connectivity index (χ1v) is 2.31. The third-order valence-corrected chi connectivity index (χ3v) is 0.774. The van der Waals surface area contributed by atoms with Crippen molar-refractivity contribution in [3.8, 4) is 0 Å². The highest BCUT2D eigenvalue weighted by Gasteiger charge is 1.89.